The summed E-state index contributed by atoms with van der Waals surface area (Å²) in [5.41, 5.74) is 8.74. The highest BCUT2D eigenvalue weighted by Crippen LogP contribution is 2.30. The van der Waals surface area contributed by atoms with Crippen LogP contribution in [0.1, 0.15) is 28.7 Å². The number of amides is 1. The Morgan fingerprint density at radius 1 is 1.34 bits per heavy atom. The number of benzene rings is 1. The van der Waals surface area contributed by atoms with E-state index in [-0.39, 0.29) is 23.1 Å². The molecule has 0 aliphatic carbocycles. The van der Waals surface area contributed by atoms with Crippen LogP contribution in [0.2, 0.25) is 0 Å². The van der Waals surface area contributed by atoms with Gasteiger partial charge in [-0.05, 0) is 29.4 Å². The predicted molar refractivity (Wildman–Crippen MR) is 97.7 cm³/mol. The lowest BCUT2D eigenvalue weighted by Crippen LogP contribution is -2.23. The molecule has 0 spiro atoms. The first-order chi connectivity index (χ1) is 13.9. The Morgan fingerprint density at radius 3 is 2.79 bits per heavy atom. The van der Waals surface area contributed by atoms with Crippen molar-refractivity contribution in [3.05, 3.63) is 35.2 Å². The van der Waals surface area contributed by atoms with Gasteiger partial charge in [-0.1, -0.05) is 11.3 Å². The zero-order valence-corrected chi connectivity index (χ0v) is 15.6. The van der Waals surface area contributed by atoms with Crippen molar-refractivity contribution in [3.8, 4) is 17.3 Å². The summed E-state index contributed by atoms with van der Waals surface area (Å²) in [5.74, 6) is -0.701. The van der Waals surface area contributed by atoms with Crippen LogP contribution in [0.3, 0.4) is 0 Å². The van der Waals surface area contributed by atoms with Gasteiger partial charge in [0.1, 0.15) is 0 Å². The Morgan fingerprint density at radius 2 is 2.14 bits per heavy atom. The summed E-state index contributed by atoms with van der Waals surface area (Å²) in [6.07, 6.45) is 1.30. The average molecular weight is 400 g/mol. The van der Waals surface area contributed by atoms with Gasteiger partial charge < -0.3 is 15.2 Å². The van der Waals surface area contributed by atoms with Gasteiger partial charge in [-0.15, -0.1) is 5.10 Å². The summed E-state index contributed by atoms with van der Waals surface area (Å²) in [7, 11) is 1.44. The van der Waals surface area contributed by atoms with Crippen LogP contribution < -0.4 is 20.6 Å². The van der Waals surface area contributed by atoms with Crippen LogP contribution in [-0.4, -0.2) is 50.5 Å². The van der Waals surface area contributed by atoms with Crippen molar-refractivity contribution in [2.75, 3.05) is 12.8 Å². The van der Waals surface area contributed by atoms with E-state index in [0.717, 1.165) is 4.68 Å². The van der Waals surface area contributed by atoms with Gasteiger partial charge in [0.15, 0.2) is 17.2 Å². The van der Waals surface area contributed by atoms with E-state index in [1.165, 1.54) is 20.2 Å². The summed E-state index contributed by atoms with van der Waals surface area (Å²) in [4.78, 5) is 23.9. The molecule has 0 bridgehead atoms. The number of para-hydroxylation sites is 1. The number of nitrogens with zero attached hydrogens (tertiary/aromatic N) is 6. The molecule has 0 unspecified atom stereocenters. The number of methoxy groups -OCH3 is 1. The normalized spacial score (nSPS) is 10.9. The molecule has 0 saturated carbocycles. The van der Waals surface area contributed by atoms with Gasteiger partial charge in [-0.2, -0.15) is 9.78 Å². The van der Waals surface area contributed by atoms with Crippen LogP contribution >= 0.6 is 0 Å². The van der Waals surface area contributed by atoms with Crippen molar-refractivity contribution in [3.63, 3.8) is 0 Å². The first kappa shape index (κ1) is 19.5. The number of hydrogen-bond donors (Lipinski definition) is 2. The van der Waals surface area contributed by atoms with E-state index < -0.39 is 11.9 Å². The molecule has 13 nitrogen and oxygen atoms in total. The maximum Gasteiger partial charge on any atom is 0.308 e. The predicted octanol–water partition coefficient (Wildman–Crippen LogP) is 0.239. The second-order valence-electron chi connectivity index (χ2n) is 5.58. The summed E-state index contributed by atoms with van der Waals surface area (Å²) < 4.78 is 15.9. The molecule has 0 saturated heterocycles. The first-order valence-electron chi connectivity index (χ1n) is 8.12. The van der Waals surface area contributed by atoms with Gasteiger partial charge in [0.2, 0.25) is 11.6 Å². The van der Waals surface area contributed by atoms with E-state index in [2.05, 4.69) is 35.8 Å². The Bertz CT molecular complexity index is 1090. The molecule has 0 aliphatic rings. The number of nitrogens with one attached hydrogen (secondary N) is 1. The van der Waals surface area contributed by atoms with E-state index in [0.29, 0.717) is 17.0 Å². The maximum absolute atomic E-state index is 12.6. The van der Waals surface area contributed by atoms with Gasteiger partial charge >= 0.3 is 5.97 Å². The Labute approximate surface area is 163 Å². The van der Waals surface area contributed by atoms with Gasteiger partial charge in [-0.25, -0.2) is 10.1 Å². The Hall–Kier alpha value is -4.29. The number of carbonyl (C=O) groups is 2. The molecule has 0 radical (unpaired) electrons. The van der Waals surface area contributed by atoms with Crippen LogP contribution in [0, 0.1) is 6.92 Å². The summed E-state index contributed by atoms with van der Waals surface area (Å²) in [5, 5.41) is 18.6. The third kappa shape index (κ3) is 4.02. The minimum absolute atomic E-state index is 0.0182. The molecule has 2 heterocycles. The molecule has 13 heteroatoms. The van der Waals surface area contributed by atoms with Crippen molar-refractivity contribution >= 4 is 23.9 Å². The number of ether oxygens (including phenoxy) is 2. The van der Waals surface area contributed by atoms with Crippen molar-refractivity contribution in [1.29, 1.82) is 0 Å². The molecule has 150 valence electrons. The molecule has 3 aromatic rings. The number of esters is 1. The number of aromatic nitrogens is 5. The number of carbonyl (C=O) groups excluding carboxylic acids is 2. The fourth-order valence-corrected chi connectivity index (χ4v) is 2.37. The largest absolute Gasteiger partial charge is 0.493 e. The van der Waals surface area contributed by atoms with Crippen LogP contribution in [0.25, 0.3) is 5.82 Å². The minimum atomic E-state index is -0.636. The molecular formula is C16H16N8O5. The lowest BCUT2D eigenvalue weighted by Gasteiger charge is -2.10. The zero-order chi connectivity index (χ0) is 21.0. The summed E-state index contributed by atoms with van der Waals surface area (Å²) in [6, 6.07) is 4.94. The van der Waals surface area contributed by atoms with Crippen molar-refractivity contribution < 1.29 is 23.7 Å². The van der Waals surface area contributed by atoms with Gasteiger partial charge in [-0.3, -0.25) is 9.59 Å². The van der Waals surface area contributed by atoms with Gasteiger partial charge in [0.25, 0.3) is 5.91 Å². The third-order valence-corrected chi connectivity index (χ3v) is 3.59. The Balaban J connectivity index is 1.84. The van der Waals surface area contributed by atoms with Crippen LogP contribution in [0.5, 0.6) is 11.5 Å². The fraction of sp³-hybridized carbons (Fsp3) is 0.188. The standard InChI is InChI=1S/C16H16N8O5/c1-8-12(24(23-19-8)15-14(17)21-29-22-15)16(26)20-18-7-10-5-4-6-11(27-3)13(10)28-9(2)25/h4-7H,1-3H3,(H2,17,21)(H,20,26). The molecular weight excluding hydrogens is 384 g/mol. The average Bonchev–Trinajstić information content (AvgIpc) is 3.27. The zero-order valence-electron chi connectivity index (χ0n) is 15.6. The molecule has 0 atom stereocenters. The van der Waals surface area contributed by atoms with Crippen LogP contribution in [0.15, 0.2) is 27.9 Å². The van der Waals surface area contributed by atoms with Gasteiger partial charge in [0.05, 0.1) is 19.0 Å². The molecule has 1 amide bonds. The molecule has 3 rings (SSSR count). The second kappa shape index (κ2) is 8.16. The maximum atomic E-state index is 12.6. The molecule has 3 N–H and O–H groups in total. The molecule has 1 aromatic carbocycles. The highest BCUT2D eigenvalue weighted by molar-refractivity contribution is 5.95. The molecule has 2 aromatic heterocycles. The van der Waals surface area contributed by atoms with E-state index in [4.69, 9.17) is 15.2 Å². The number of nitrogens with two attached hydrogens (primary N) is 1. The highest BCUT2D eigenvalue weighted by Gasteiger charge is 2.22. The molecule has 0 aliphatic heterocycles. The lowest BCUT2D eigenvalue weighted by atomic mass is 10.2. The van der Waals surface area contributed by atoms with E-state index in [1.807, 2.05) is 0 Å². The fourth-order valence-electron chi connectivity index (χ4n) is 2.37. The smallest absolute Gasteiger partial charge is 0.308 e. The van der Waals surface area contributed by atoms with E-state index in [9.17, 15) is 9.59 Å². The van der Waals surface area contributed by atoms with Crippen LogP contribution in [0.4, 0.5) is 5.82 Å². The molecule has 29 heavy (non-hydrogen) atoms. The second-order valence-corrected chi connectivity index (χ2v) is 5.58. The number of hydrazone groups is 1. The number of anilines is 1. The number of nitrogen functional groups attached to an aromatic ring is 1. The van der Waals surface area contributed by atoms with Crippen molar-refractivity contribution in [2.24, 2.45) is 5.10 Å². The van der Waals surface area contributed by atoms with E-state index in [1.54, 1.807) is 25.1 Å². The summed E-state index contributed by atoms with van der Waals surface area (Å²) >= 11 is 0. The van der Waals surface area contributed by atoms with Gasteiger partial charge in [0, 0.05) is 12.5 Å². The SMILES string of the molecule is COc1cccc(C=NNC(=O)c2c(C)nnn2-c2nonc2N)c1OC(C)=O. The number of rotatable bonds is 6. The monoisotopic (exact) mass is 400 g/mol. The minimum Gasteiger partial charge on any atom is -0.493 e. The van der Waals surface area contributed by atoms with Crippen molar-refractivity contribution in [1.82, 2.24) is 30.7 Å². The molecule has 0 fully saturated rings. The number of aryl methyl sites for hydroxylation is 1. The highest BCUT2D eigenvalue weighted by atomic mass is 16.6. The topological polar surface area (TPSA) is 173 Å². The van der Waals surface area contributed by atoms with Crippen LogP contribution in [-0.2, 0) is 4.79 Å². The van der Waals surface area contributed by atoms with Crippen molar-refractivity contribution in [2.45, 2.75) is 13.8 Å². The lowest BCUT2D eigenvalue weighted by molar-refractivity contribution is -0.132. The number of hydrogen-bond acceptors (Lipinski definition) is 11. The summed E-state index contributed by atoms with van der Waals surface area (Å²) in [6.45, 7) is 2.84. The Kier molecular flexibility index (Phi) is 5.48. The first-order valence-corrected chi connectivity index (χ1v) is 8.12. The van der Waals surface area contributed by atoms with E-state index >= 15 is 0 Å². The third-order valence-electron chi connectivity index (χ3n) is 3.59. The quantitative estimate of drug-likeness (QED) is 0.252.